The van der Waals surface area contributed by atoms with Crippen molar-refractivity contribution < 1.29 is 4.43 Å². The van der Waals surface area contributed by atoms with Crippen molar-refractivity contribution >= 4 is 33.7 Å². The maximum absolute atomic E-state index is 6.63. The summed E-state index contributed by atoms with van der Waals surface area (Å²) in [5.74, 6) is 1.56. The molecule has 0 aliphatic rings. The molecule has 0 N–H and O–H groups in total. The van der Waals surface area contributed by atoms with E-state index in [1.807, 2.05) is 0 Å². The first-order chi connectivity index (χ1) is 8.73. The van der Waals surface area contributed by atoms with Crippen molar-refractivity contribution in [3.63, 3.8) is 0 Å². The van der Waals surface area contributed by atoms with Crippen molar-refractivity contribution in [2.75, 3.05) is 0 Å². The van der Waals surface area contributed by atoms with E-state index in [1.165, 1.54) is 0 Å². The summed E-state index contributed by atoms with van der Waals surface area (Å²) in [6.07, 6.45) is 0. The zero-order chi connectivity index (χ0) is 14.9. The zero-order valence-corrected chi connectivity index (χ0v) is 14.9. The second-order valence-corrected chi connectivity index (χ2v) is 6.72. The standard InChI is InChI=1S/C15H21Cl2OSi/c1-7(2)10-11(8(3)4)15(18-19)14(17)12(9(5)6)13(10)16/h7-9H,1-6H3. The number of halogens is 2. The summed E-state index contributed by atoms with van der Waals surface area (Å²) >= 11 is 13.1. The topological polar surface area (TPSA) is 9.23 Å². The third-order valence-corrected chi connectivity index (χ3v) is 4.26. The molecule has 3 radical (unpaired) electrons. The molecular formula is C15H21Cl2OSi. The molecule has 1 aromatic rings. The first-order valence-corrected chi connectivity index (χ1v) is 7.78. The van der Waals surface area contributed by atoms with Gasteiger partial charge in [0.2, 0.25) is 0 Å². The Hall–Kier alpha value is -0.183. The fourth-order valence-corrected chi connectivity index (χ4v) is 3.88. The summed E-state index contributed by atoms with van der Waals surface area (Å²) in [7, 11) is 3.14. The average molecular weight is 316 g/mol. The Balaban J connectivity index is 3.83. The van der Waals surface area contributed by atoms with E-state index < -0.39 is 0 Å². The van der Waals surface area contributed by atoms with Crippen LogP contribution in [-0.2, 0) is 0 Å². The van der Waals surface area contributed by atoms with Crippen LogP contribution in [-0.4, -0.2) is 10.5 Å². The Labute approximate surface area is 130 Å². The monoisotopic (exact) mass is 315 g/mol. The molecule has 0 amide bonds. The lowest BCUT2D eigenvalue weighted by Crippen LogP contribution is -2.08. The summed E-state index contributed by atoms with van der Waals surface area (Å²) in [4.78, 5) is 0. The molecule has 0 aliphatic heterocycles. The fourth-order valence-electron chi connectivity index (χ4n) is 2.47. The predicted octanol–water partition coefficient (Wildman–Crippen LogP) is 5.83. The molecule has 0 aromatic heterocycles. The van der Waals surface area contributed by atoms with Gasteiger partial charge in [-0.25, -0.2) is 0 Å². The highest BCUT2D eigenvalue weighted by molar-refractivity contribution is 6.38. The van der Waals surface area contributed by atoms with E-state index in [1.54, 1.807) is 0 Å². The molecule has 105 valence electrons. The van der Waals surface area contributed by atoms with Crippen LogP contribution in [0.5, 0.6) is 5.75 Å². The van der Waals surface area contributed by atoms with Crippen molar-refractivity contribution in [2.45, 2.75) is 59.3 Å². The lowest BCUT2D eigenvalue weighted by atomic mass is 9.86. The summed E-state index contributed by atoms with van der Waals surface area (Å²) in [5.41, 5.74) is 3.19. The summed E-state index contributed by atoms with van der Waals surface area (Å²) in [6.45, 7) is 12.7. The van der Waals surface area contributed by atoms with Crippen LogP contribution in [0.25, 0.3) is 0 Å². The Kier molecular flexibility index (Phi) is 5.78. The lowest BCUT2D eigenvalue weighted by molar-refractivity contribution is 0.589. The highest BCUT2D eigenvalue weighted by atomic mass is 35.5. The van der Waals surface area contributed by atoms with Gasteiger partial charge in [0.05, 0.1) is 5.02 Å². The van der Waals surface area contributed by atoms with Crippen LogP contribution in [0, 0.1) is 0 Å². The minimum absolute atomic E-state index is 0.249. The van der Waals surface area contributed by atoms with Crippen molar-refractivity contribution in [1.29, 1.82) is 0 Å². The van der Waals surface area contributed by atoms with Gasteiger partial charge in [0, 0.05) is 10.6 Å². The fraction of sp³-hybridized carbons (Fsp3) is 0.600. The molecule has 4 heteroatoms. The van der Waals surface area contributed by atoms with Crippen molar-refractivity contribution in [1.82, 2.24) is 0 Å². The maximum Gasteiger partial charge on any atom is 0.341 e. The first kappa shape index (κ1) is 16.9. The van der Waals surface area contributed by atoms with Gasteiger partial charge in [0.25, 0.3) is 0 Å². The summed E-state index contributed by atoms with van der Waals surface area (Å²) < 4.78 is 5.39. The van der Waals surface area contributed by atoms with Crippen LogP contribution in [0.15, 0.2) is 0 Å². The van der Waals surface area contributed by atoms with Gasteiger partial charge in [-0.05, 0) is 28.9 Å². The van der Waals surface area contributed by atoms with E-state index in [0.717, 1.165) is 21.7 Å². The van der Waals surface area contributed by atoms with Crippen LogP contribution in [0.2, 0.25) is 10.0 Å². The summed E-state index contributed by atoms with van der Waals surface area (Å²) in [5, 5.41) is 1.40. The van der Waals surface area contributed by atoms with Gasteiger partial charge in [-0.2, -0.15) is 0 Å². The quantitative estimate of drug-likeness (QED) is 0.635. The predicted molar refractivity (Wildman–Crippen MR) is 85.1 cm³/mol. The number of hydrogen-bond acceptors (Lipinski definition) is 1. The van der Waals surface area contributed by atoms with Gasteiger partial charge < -0.3 is 4.43 Å². The average Bonchev–Trinajstić information content (AvgIpc) is 2.26. The van der Waals surface area contributed by atoms with Crippen LogP contribution in [0.1, 0.15) is 76.0 Å². The number of hydrogen-bond donors (Lipinski definition) is 0. The van der Waals surface area contributed by atoms with Gasteiger partial charge in [-0.1, -0.05) is 64.7 Å². The molecule has 0 aliphatic carbocycles. The van der Waals surface area contributed by atoms with Gasteiger partial charge in [0.15, 0.2) is 0 Å². The molecule has 0 spiro atoms. The van der Waals surface area contributed by atoms with E-state index in [4.69, 9.17) is 27.6 Å². The van der Waals surface area contributed by atoms with Crippen molar-refractivity contribution in [3.05, 3.63) is 26.7 Å². The van der Waals surface area contributed by atoms with E-state index >= 15 is 0 Å². The SMILES string of the molecule is CC(C)c1c(Cl)c(O[Si])c(C(C)C)c(C(C)C)c1Cl. The van der Waals surface area contributed by atoms with Gasteiger partial charge in [-0.3, -0.25) is 0 Å². The third kappa shape index (κ3) is 3.12. The van der Waals surface area contributed by atoms with Gasteiger partial charge >= 0.3 is 10.5 Å². The molecule has 1 rings (SSSR count). The summed E-state index contributed by atoms with van der Waals surface area (Å²) in [6, 6.07) is 0. The third-order valence-electron chi connectivity index (χ3n) is 3.28. The van der Waals surface area contributed by atoms with E-state index in [9.17, 15) is 0 Å². The maximum atomic E-state index is 6.63. The van der Waals surface area contributed by atoms with E-state index in [2.05, 4.69) is 52.0 Å². The minimum Gasteiger partial charge on any atom is -0.539 e. The second kappa shape index (κ2) is 6.51. The molecule has 0 saturated carbocycles. The minimum atomic E-state index is 0.249. The Bertz CT molecular complexity index is 468. The molecule has 1 nitrogen and oxygen atoms in total. The van der Waals surface area contributed by atoms with Gasteiger partial charge in [0.1, 0.15) is 5.75 Å². The Morgan fingerprint density at radius 1 is 0.737 bits per heavy atom. The molecule has 0 fully saturated rings. The Morgan fingerprint density at radius 2 is 1.16 bits per heavy atom. The lowest BCUT2D eigenvalue weighted by Gasteiger charge is -2.26. The molecule has 0 unspecified atom stereocenters. The Morgan fingerprint density at radius 3 is 1.47 bits per heavy atom. The first-order valence-electron chi connectivity index (χ1n) is 6.62. The zero-order valence-electron chi connectivity index (χ0n) is 12.4. The van der Waals surface area contributed by atoms with Crippen LogP contribution < -0.4 is 4.43 Å². The molecule has 1 aromatic carbocycles. The van der Waals surface area contributed by atoms with E-state index in [-0.39, 0.29) is 5.92 Å². The van der Waals surface area contributed by atoms with Crippen LogP contribution in [0.3, 0.4) is 0 Å². The molecule has 19 heavy (non-hydrogen) atoms. The van der Waals surface area contributed by atoms with Crippen LogP contribution in [0.4, 0.5) is 0 Å². The van der Waals surface area contributed by atoms with Crippen molar-refractivity contribution in [3.8, 4) is 5.75 Å². The highest BCUT2D eigenvalue weighted by Gasteiger charge is 2.26. The normalized spacial score (nSPS) is 11.8. The largest absolute Gasteiger partial charge is 0.539 e. The molecule has 0 bridgehead atoms. The van der Waals surface area contributed by atoms with Crippen LogP contribution >= 0.6 is 23.2 Å². The highest BCUT2D eigenvalue weighted by Crippen LogP contribution is 2.48. The van der Waals surface area contributed by atoms with Gasteiger partial charge in [-0.15, -0.1) is 0 Å². The van der Waals surface area contributed by atoms with E-state index in [0.29, 0.717) is 22.6 Å². The number of rotatable bonds is 4. The smallest absolute Gasteiger partial charge is 0.341 e. The molecular weight excluding hydrogens is 295 g/mol. The molecule has 0 saturated heterocycles. The number of benzene rings is 1. The molecule has 0 atom stereocenters. The molecule has 0 heterocycles. The van der Waals surface area contributed by atoms with Crippen molar-refractivity contribution in [2.24, 2.45) is 0 Å². The second-order valence-electron chi connectivity index (χ2n) is 5.76.